The van der Waals surface area contributed by atoms with Crippen molar-refractivity contribution >= 4 is 17.6 Å². The normalized spacial score (nSPS) is 13.0. The summed E-state index contributed by atoms with van der Waals surface area (Å²) in [5.74, 6) is -1.34. The van der Waals surface area contributed by atoms with E-state index in [1.807, 2.05) is 6.92 Å². The Kier molecular flexibility index (Phi) is 7.23. The summed E-state index contributed by atoms with van der Waals surface area (Å²) in [5.41, 5.74) is 1.11. The van der Waals surface area contributed by atoms with Gasteiger partial charge in [-0.25, -0.2) is 13.9 Å². The molecule has 1 aromatic carbocycles. The topological polar surface area (TPSA) is 75.3 Å². The number of hydrogen-bond acceptors (Lipinski definition) is 3. The Morgan fingerprint density at radius 3 is 2.61 bits per heavy atom. The summed E-state index contributed by atoms with van der Waals surface area (Å²) in [6.07, 6.45) is 3.38. The molecular formula is C21H28ClFN2O3. The van der Waals surface area contributed by atoms with Gasteiger partial charge in [-0.2, -0.15) is 5.10 Å². The Balaban J connectivity index is 2.32. The SMILES string of the molecule is CCc1c(C(=O)O)c(CC(C)CCCC(C)(C)O)nn1-c1ccc(F)c(Cl)c1. The van der Waals surface area contributed by atoms with Gasteiger partial charge in [0.2, 0.25) is 0 Å². The molecule has 0 saturated carbocycles. The molecule has 0 aliphatic rings. The van der Waals surface area contributed by atoms with Crippen molar-refractivity contribution in [3.8, 4) is 5.69 Å². The van der Waals surface area contributed by atoms with Crippen LogP contribution >= 0.6 is 11.6 Å². The van der Waals surface area contributed by atoms with Crippen LogP contribution in [0.25, 0.3) is 5.69 Å². The Labute approximate surface area is 170 Å². The van der Waals surface area contributed by atoms with E-state index in [4.69, 9.17) is 11.6 Å². The zero-order valence-electron chi connectivity index (χ0n) is 16.8. The Bertz CT molecular complexity index is 843. The number of aromatic nitrogens is 2. The molecule has 0 spiro atoms. The van der Waals surface area contributed by atoms with Crippen LogP contribution in [0.2, 0.25) is 5.02 Å². The largest absolute Gasteiger partial charge is 0.478 e. The molecule has 1 aromatic heterocycles. The van der Waals surface area contributed by atoms with E-state index in [-0.39, 0.29) is 16.5 Å². The number of benzene rings is 1. The summed E-state index contributed by atoms with van der Waals surface area (Å²) in [6, 6.07) is 4.24. The summed E-state index contributed by atoms with van der Waals surface area (Å²) in [5, 5.41) is 24.1. The van der Waals surface area contributed by atoms with E-state index in [0.717, 1.165) is 12.8 Å². The van der Waals surface area contributed by atoms with Crippen LogP contribution in [-0.2, 0) is 12.8 Å². The minimum absolute atomic E-state index is 0.0338. The second-order valence-corrected chi connectivity index (χ2v) is 8.36. The van der Waals surface area contributed by atoms with Gasteiger partial charge in [0.1, 0.15) is 11.4 Å². The molecule has 0 radical (unpaired) electrons. The van der Waals surface area contributed by atoms with Gasteiger partial charge in [-0.05, 0) is 57.2 Å². The monoisotopic (exact) mass is 410 g/mol. The van der Waals surface area contributed by atoms with Crippen molar-refractivity contribution in [2.24, 2.45) is 5.92 Å². The van der Waals surface area contributed by atoms with Gasteiger partial charge in [0.05, 0.1) is 27.7 Å². The predicted octanol–water partition coefficient (Wildman–Crippen LogP) is 5.05. The first-order valence-corrected chi connectivity index (χ1v) is 9.93. The van der Waals surface area contributed by atoms with Crippen molar-refractivity contribution in [3.05, 3.63) is 46.0 Å². The van der Waals surface area contributed by atoms with Gasteiger partial charge in [-0.15, -0.1) is 0 Å². The van der Waals surface area contributed by atoms with Crippen LogP contribution < -0.4 is 0 Å². The lowest BCUT2D eigenvalue weighted by Gasteiger charge is -2.18. The second-order valence-electron chi connectivity index (χ2n) is 7.95. The Morgan fingerprint density at radius 2 is 2.07 bits per heavy atom. The molecule has 0 aliphatic heterocycles. The number of aromatic carboxylic acids is 1. The zero-order valence-corrected chi connectivity index (χ0v) is 17.6. The fourth-order valence-corrected chi connectivity index (χ4v) is 3.54. The smallest absolute Gasteiger partial charge is 0.339 e. The number of nitrogens with zero attached hydrogens (tertiary/aromatic N) is 2. The molecule has 0 bridgehead atoms. The summed E-state index contributed by atoms with van der Waals surface area (Å²) < 4.78 is 15.1. The number of rotatable bonds is 9. The Morgan fingerprint density at radius 1 is 1.39 bits per heavy atom. The summed E-state index contributed by atoms with van der Waals surface area (Å²) in [4.78, 5) is 11.9. The van der Waals surface area contributed by atoms with E-state index < -0.39 is 17.4 Å². The third-order valence-corrected chi connectivity index (χ3v) is 5.07. The fraction of sp³-hybridized carbons (Fsp3) is 0.524. The first-order chi connectivity index (χ1) is 13.0. The number of carboxylic acids is 1. The molecule has 2 rings (SSSR count). The molecule has 7 heteroatoms. The number of carboxylic acid groups (broad SMARTS) is 1. The highest BCUT2D eigenvalue weighted by atomic mass is 35.5. The standard InChI is InChI=1S/C21H28ClFN2O3/c1-5-18-19(20(26)27)17(11-13(2)7-6-10-21(3,4)28)24-25(18)14-8-9-16(23)15(22)12-14/h8-9,12-13,28H,5-7,10-11H2,1-4H3,(H,26,27). The van der Waals surface area contributed by atoms with Crippen LogP contribution in [0.4, 0.5) is 4.39 Å². The highest BCUT2D eigenvalue weighted by Gasteiger charge is 2.24. The van der Waals surface area contributed by atoms with Gasteiger partial charge in [-0.1, -0.05) is 38.3 Å². The number of carbonyl (C=O) groups is 1. The molecule has 0 amide bonds. The van der Waals surface area contributed by atoms with Gasteiger partial charge in [0, 0.05) is 0 Å². The maximum absolute atomic E-state index is 13.5. The second kappa shape index (κ2) is 9.05. The fourth-order valence-electron chi connectivity index (χ4n) is 3.37. The zero-order chi connectivity index (χ0) is 21.1. The van der Waals surface area contributed by atoms with Gasteiger partial charge in [0.25, 0.3) is 0 Å². The van der Waals surface area contributed by atoms with Gasteiger partial charge >= 0.3 is 5.97 Å². The summed E-state index contributed by atoms with van der Waals surface area (Å²) in [7, 11) is 0. The molecule has 2 N–H and O–H groups in total. The molecule has 2 aromatic rings. The number of aliphatic hydroxyl groups is 1. The lowest BCUT2D eigenvalue weighted by Crippen LogP contribution is -2.18. The van der Waals surface area contributed by atoms with Crippen LogP contribution in [0.3, 0.4) is 0 Å². The number of hydrogen-bond donors (Lipinski definition) is 2. The van der Waals surface area contributed by atoms with E-state index in [0.29, 0.717) is 36.3 Å². The molecule has 1 unspecified atom stereocenters. The molecule has 1 atom stereocenters. The minimum atomic E-state index is -1.02. The number of halogens is 2. The predicted molar refractivity (Wildman–Crippen MR) is 108 cm³/mol. The van der Waals surface area contributed by atoms with Crippen molar-refractivity contribution in [1.82, 2.24) is 9.78 Å². The van der Waals surface area contributed by atoms with E-state index in [1.165, 1.54) is 18.2 Å². The van der Waals surface area contributed by atoms with Crippen molar-refractivity contribution in [1.29, 1.82) is 0 Å². The van der Waals surface area contributed by atoms with E-state index in [2.05, 4.69) is 12.0 Å². The lowest BCUT2D eigenvalue weighted by atomic mass is 9.93. The quantitative estimate of drug-likeness (QED) is 0.606. The van der Waals surface area contributed by atoms with Crippen LogP contribution in [0.1, 0.15) is 68.7 Å². The van der Waals surface area contributed by atoms with Gasteiger partial charge in [-0.3, -0.25) is 0 Å². The third-order valence-electron chi connectivity index (χ3n) is 4.78. The van der Waals surface area contributed by atoms with Crippen LogP contribution in [0.5, 0.6) is 0 Å². The molecular weight excluding hydrogens is 383 g/mol. The minimum Gasteiger partial charge on any atom is -0.478 e. The average Bonchev–Trinajstić information content (AvgIpc) is 2.94. The lowest BCUT2D eigenvalue weighted by molar-refractivity contribution is 0.0669. The van der Waals surface area contributed by atoms with Crippen molar-refractivity contribution in [2.75, 3.05) is 0 Å². The van der Waals surface area contributed by atoms with Gasteiger partial charge in [0.15, 0.2) is 0 Å². The Hall–Kier alpha value is -1.92. The average molecular weight is 411 g/mol. The molecule has 5 nitrogen and oxygen atoms in total. The van der Waals surface area contributed by atoms with Crippen molar-refractivity contribution < 1.29 is 19.4 Å². The van der Waals surface area contributed by atoms with E-state index >= 15 is 0 Å². The summed E-state index contributed by atoms with van der Waals surface area (Å²) in [6.45, 7) is 7.48. The molecule has 28 heavy (non-hydrogen) atoms. The molecule has 154 valence electrons. The maximum Gasteiger partial charge on any atom is 0.339 e. The summed E-state index contributed by atoms with van der Waals surface area (Å²) >= 11 is 5.89. The molecule has 1 heterocycles. The van der Waals surface area contributed by atoms with Crippen molar-refractivity contribution in [3.63, 3.8) is 0 Å². The first-order valence-electron chi connectivity index (χ1n) is 9.55. The van der Waals surface area contributed by atoms with E-state index in [9.17, 15) is 19.4 Å². The van der Waals surface area contributed by atoms with Crippen molar-refractivity contribution in [2.45, 2.75) is 65.4 Å². The molecule has 0 saturated heterocycles. The van der Waals surface area contributed by atoms with Crippen LogP contribution in [0.15, 0.2) is 18.2 Å². The first kappa shape index (κ1) is 22.4. The third kappa shape index (κ3) is 5.55. The van der Waals surface area contributed by atoms with E-state index in [1.54, 1.807) is 18.5 Å². The van der Waals surface area contributed by atoms with Crippen LogP contribution in [-0.4, -0.2) is 31.6 Å². The molecule has 0 fully saturated rings. The highest BCUT2D eigenvalue weighted by Crippen LogP contribution is 2.26. The van der Waals surface area contributed by atoms with Crippen LogP contribution in [0, 0.1) is 11.7 Å². The molecule has 0 aliphatic carbocycles. The maximum atomic E-state index is 13.5. The van der Waals surface area contributed by atoms with Gasteiger partial charge < -0.3 is 10.2 Å². The highest BCUT2D eigenvalue weighted by molar-refractivity contribution is 6.30.